The summed E-state index contributed by atoms with van der Waals surface area (Å²) in [6, 6.07) is 7.36. The van der Waals surface area contributed by atoms with Crippen LogP contribution in [0.1, 0.15) is 67.8 Å². The van der Waals surface area contributed by atoms with Gasteiger partial charge in [0.15, 0.2) is 5.69 Å². The first kappa shape index (κ1) is 19.6. The molecule has 1 aromatic heterocycles. The molecule has 1 amide bonds. The quantitative estimate of drug-likeness (QED) is 0.574. The first-order valence-electron chi connectivity index (χ1n) is 9.48. The van der Waals surface area contributed by atoms with E-state index in [0.29, 0.717) is 16.6 Å². The van der Waals surface area contributed by atoms with Gasteiger partial charge in [-0.05, 0) is 55.2 Å². The number of carbonyl (C=O) groups excluding carboxylic acids is 1. The summed E-state index contributed by atoms with van der Waals surface area (Å²) >= 11 is 5.91. The van der Waals surface area contributed by atoms with E-state index in [9.17, 15) is 4.79 Å². The standard InChI is InChI=1S/C21H27ClN4O/c1-5-21(3,4)15-8-11-18-17(12-15)19(25-24-18)20(27)26-23-13(2)14-6-9-16(22)10-7-14/h6-7,9-10,15H,5,8,11-12H2,1-4H3,(H,24,25)(H,26,27)/b23-13+/t15-/m0/s1. The van der Waals surface area contributed by atoms with Gasteiger partial charge < -0.3 is 0 Å². The zero-order chi connectivity index (χ0) is 19.6. The van der Waals surface area contributed by atoms with E-state index in [1.165, 1.54) is 0 Å². The lowest BCUT2D eigenvalue weighted by molar-refractivity contribution is 0.0947. The maximum Gasteiger partial charge on any atom is 0.292 e. The third kappa shape index (κ3) is 4.24. The number of H-pyrrole nitrogens is 1. The molecule has 0 saturated heterocycles. The summed E-state index contributed by atoms with van der Waals surface area (Å²) in [5.74, 6) is 0.286. The lowest BCUT2D eigenvalue weighted by Gasteiger charge is -2.36. The predicted molar refractivity (Wildman–Crippen MR) is 109 cm³/mol. The number of fused-ring (bicyclic) bond motifs is 1. The number of amides is 1. The minimum absolute atomic E-state index is 0.256. The largest absolute Gasteiger partial charge is 0.292 e. The van der Waals surface area contributed by atoms with E-state index < -0.39 is 0 Å². The molecule has 27 heavy (non-hydrogen) atoms. The number of hydrogen-bond donors (Lipinski definition) is 2. The van der Waals surface area contributed by atoms with Gasteiger partial charge >= 0.3 is 0 Å². The zero-order valence-electron chi connectivity index (χ0n) is 16.4. The van der Waals surface area contributed by atoms with Gasteiger partial charge in [-0.3, -0.25) is 9.89 Å². The molecule has 2 aromatic rings. The Morgan fingerprint density at radius 3 is 2.74 bits per heavy atom. The first-order chi connectivity index (χ1) is 12.8. The summed E-state index contributed by atoms with van der Waals surface area (Å²) in [5, 5.41) is 12.2. The number of rotatable bonds is 5. The lowest BCUT2D eigenvalue weighted by atomic mass is 9.69. The third-order valence-corrected chi connectivity index (χ3v) is 6.22. The van der Waals surface area contributed by atoms with Crippen molar-refractivity contribution in [2.75, 3.05) is 0 Å². The molecule has 1 atom stereocenters. The fraction of sp³-hybridized carbons (Fsp3) is 0.476. The Morgan fingerprint density at radius 1 is 1.37 bits per heavy atom. The highest BCUT2D eigenvalue weighted by Crippen LogP contribution is 2.40. The van der Waals surface area contributed by atoms with Gasteiger partial charge in [-0.2, -0.15) is 10.2 Å². The molecular formula is C21H27ClN4O. The molecule has 5 nitrogen and oxygen atoms in total. The van der Waals surface area contributed by atoms with Crippen molar-refractivity contribution >= 4 is 23.2 Å². The summed E-state index contributed by atoms with van der Waals surface area (Å²) in [4.78, 5) is 12.7. The third-order valence-electron chi connectivity index (χ3n) is 5.96. The summed E-state index contributed by atoms with van der Waals surface area (Å²) in [7, 11) is 0. The van der Waals surface area contributed by atoms with Crippen LogP contribution in [0.25, 0.3) is 0 Å². The van der Waals surface area contributed by atoms with Crippen LogP contribution in [0.3, 0.4) is 0 Å². The molecule has 0 spiro atoms. The van der Waals surface area contributed by atoms with Crippen LogP contribution >= 0.6 is 11.6 Å². The predicted octanol–water partition coefficient (Wildman–Crippen LogP) is 4.76. The van der Waals surface area contributed by atoms with Gasteiger partial charge in [-0.1, -0.05) is 50.9 Å². The topological polar surface area (TPSA) is 70.1 Å². The van der Waals surface area contributed by atoms with Gasteiger partial charge in [-0.25, -0.2) is 5.43 Å². The molecule has 6 heteroatoms. The first-order valence-corrected chi connectivity index (χ1v) is 9.86. The van der Waals surface area contributed by atoms with Crippen LogP contribution < -0.4 is 5.43 Å². The fourth-order valence-electron chi connectivity index (χ4n) is 3.58. The number of nitrogens with zero attached hydrogens (tertiary/aromatic N) is 2. The van der Waals surface area contributed by atoms with Crippen LogP contribution in [-0.2, 0) is 12.8 Å². The molecule has 3 rings (SSSR count). The van der Waals surface area contributed by atoms with Gasteiger partial charge in [0, 0.05) is 16.3 Å². The highest BCUT2D eigenvalue weighted by Gasteiger charge is 2.34. The SMILES string of the molecule is CCC(C)(C)[C@H]1CCc2[nH]nc(C(=O)N/N=C(\C)c3ccc(Cl)cc3)c2C1. The Kier molecular flexibility index (Phi) is 5.70. The van der Waals surface area contributed by atoms with Crippen molar-refractivity contribution in [1.29, 1.82) is 0 Å². The van der Waals surface area contributed by atoms with E-state index in [0.717, 1.165) is 48.2 Å². The number of aromatic nitrogens is 2. The zero-order valence-corrected chi connectivity index (χ0v) is 17.2. The van der Waals surface area contributed by atoms with Gasteiger partial charge in [-0.15, -0.1) is 0 Å². The van der Waals surface area contributed by atoms with Gasteiger partial charge in [0.25, 0.3) is 5.91 Å². The highest BCUT2D eigenvalue weighted by molar-refractivity contribution is 6.30. The summed E-state index contributed by atoms with van der Waals surface area (Å²) in [6.07, 6.45) is 4.08. The van der Waals surface area contributed by atoms with E-state index in [1.807, 2.05) is 19.1 Å². The number of hydrazone groups is 1. The fourth-order valence-corrected chi connectivity index (χ4v) is 3.71. The molecular weight excluding hydrogens is 360 g/mol. The van der Waals surface area contributed by atoms with E-state index in [2.05, 4.69) is 41.5 Å². The van der Waals surface area contributed by atoms with Crippen molar-refractivity contribution in [2.45, 2.75) is 53.4 Å². The second-order valence-corrected chi connectivity index (χ2v) is 8.39. The van der Waals surface area contributed by atoms with Crippen molar-refractivity contribution in [3.63, 3.8) is 0 Å². The van der Waals surface area contributed by atoms with Gasteiger partial charge in [0.05, 0.1) is 5.71 Å². The number of aromatic amines is 1. The average Bonchev–Trinajstić information content (AvgIpc) is 3.09. The molecule has 144 valence electrons. The van der Waals surface area contributed by atoms with Crippen molar-refractivity contribution in [1.82, 2.24) is 15.6 Å². The Bertz CT molecular complexity index is 852. The van der Waals surface area contributed by atoms with Gasteiger partial charge in [0.1, 0.15) is 0 Å². The molecule has 0 radical (unpaired) electrons. The summed E-state index contributed by atoms with van der Waals surface area (Å²) in [6.45, 7) is 8.70. The van der Waals surface area contributed by atoms with Crippen molar-refractivity contribution in [3.05, 3.63) is 51.8 Å². The molecule has 1 heterocycles. The Balaban J connectivity index is 1.74. The maximum absolute atomic E-state index is 12.7. The molecule has 1 aliphatic rings. The van der Waals surface area contributed by atoms with Gasteiger partial charge in [0.2, 0.25) is 0 Å². The van der Waals surface area contributed by atoms with E-state index in [-0.39, 0.29) is 11.3 Å². The van der Waals surface area contributed by atoms with Crippen LogP contribution in [0.4, 0.5) is 0 Å². The molecule has 1 aliphatic carbocycles. The van der Waals surface area contributed by atoms with E-state index in [4.69, 9.17) is 11.6 Å². The number of halogens is 1. The molecule has 0 unspecified atom stereocenters. The molecule has 2 N–H and O–H groups in total. The van der Waals surface area contributed by atoms with Crippen molar-refractivity contribution < 1.29 is 4.79 Å². The van der Waals surface area contributed by atoms with E-state index >= 15 is 0 Å². The molecule has 0 aliphatic heterocycles. The number of carbonyl (C=O) groups is 1. The minimum Gasteiger partial charge on any atom is -0.281 e. The second-order valence-electron chi connectivity index (χ2n) is 7.96. The normalized spacial score (nSPS) is 17.5. The van der Waals surface area contributed by atoms with Crippen LogP contribution in [0.2, 0.25) is 5.02 Å². The molecule has 1 aromatic carbocycles. The van der Waals surface area contributed by atoms with Crippen LogP contribution in [0, 0.1) is 11.3 Å². The van der Waals surface area contributed by atoms with E-state index in [1.54, 1.807) is 12.1 Å². The molecule has 0 bridgehead atoms. The number of aryl methyl sites for hydroxylation is 1. The number of hydrogen-bond acceptors (Lipinski definition) is 3. The second kappa shape index (κ2) is 7.85. The smallest absolute Gasteiger partial charge is 0.281 e. The number of benzene rings is 1. The number of nitrogens with one attached hydrogen (secondary N) is 2. The summed E-state index contributed by atoms with van der Waals surface area (Å²) in [5.41, 5.74) is 7.13. The Labute approximate surface area is 165 Å². The van der Waals surface area contributed by atoms with Crippen LogP contribution in [0.5, 0.6) is 0 Å². The molecule has 0 fully saturated rings. The minimum atomic E-state index is -0.268. The maximum atomic E-state index is 12.7. The monoisotopic (exact) mass is 386 g/mol. The van der Waals surface area contributed by atoms with Crippen LogP contribution in [0.15, 0.2) is 29.4 Å². The van der Waals surface area contributed by atoms with Crippen molar-refractivity contribution in [3.8, 4) is 0 Å². The molecule has 0 saturated carbocycles. The Hall–Kier alpha value is -2.14. The lowest BCUT2D eigenvalue weighted by Crippen LogP contribution is -2.30. The Morgan fingerprint density at radius 2 is 2.07 bits per heavy atom. The van der Waals surface area contributed by atoms with Crippen LogP contribution in [-0.4, -0.2) is 21.8 Å². The summed E-state index contributed by atoms with van der Waals surface area (Å²) < 4.78 is 0. The average molecular weight is 387 g/mol. The highest BCUT2D eigenvalue weighted by atomic mass is 35.5. The van der Waals surface area contributed by atoms with Crippen molar-refractivity contribution in [2.24, 2.45) is 16.4 Å².